The third-order valence-electron chi connectivity index (χ3n) is 3.35. The first kappa shape index (κ1) is 12.6. The Morgan fingerprint density at radius 2 is 2.12 bits per heavy atom. The molecule has 1 aliphatic rings. The Morgan fingerprint density at radius 1 is 1.29 bits per heavy atom. The number of benzene rings is 1. The van der Waals surface area contributed by atoms with Crippen LogP contribution in [0.4, 0.5) is 0 Å². The average Bonchev–Trinajstić information content (AvgIpc) is 2.84. The second kappa shape index (κ2) is 6.77. The van der Waals surface area contributed by atoms with Gasteiger partial charge in [-0.2, -0.15) is 0 Å². The van der Waals surface area contributed by atoms with Crippen LogP contribution in [0.5, 0.6) is 0 Å². The molecule has 0 bridgehead atoms. The quantitative estimate of drug-likeness (QED) is 0.763. The summed E-state index contributed by atoms with van der Waals surface area (Å²) in [5.41, 5.74) is 2.69. The molecule has 0 amide bonds. The number of rotatable bonds is 6. The van der Waals surface area contributed by atoms with E-state index in [1.54, 1.807) is 0 Å². The molecule has 1 heterocycles. The van der Waals surface area contributed by atoms with Gasteiger partial charge in [0.15, 0.2) is 0 Å². The zero-order valence-electron chi connectivity index (χ0n) is 10.7. The molecule has 1 aromatic carbocycles. The van der Waals surface area contributed by atoms with Gasteiger partial charge in [0, 0.05) is 13.2 Å². The van der Waals surface area contributed by atoms with Crippen LogP contribution in [0, 0.1) is 6.92 Å². The van der Waals surface area contributed by atoms with E-state index >= 15 is 0 Å². The fraction of sp³-hybridized carbons (Fsp3) is 0.600. The number of nitrogens with one attached hydrogen (secondary N) is 1. The fourth-order valence-electron chi connectivity index (χ4n) is 2.27. The molecule has 2 rings (SSSR count). The molecule has 1 atom stereocenters. The molecule has 2 nitrogen and oxygen atoms in total. The van der Waals surface area contributed by atoms with Gasteiger partial charge in [0.1, 0.15) is 0 Å². The average molecular weight is 233 g/mol. The smallest absolute Gasteiger partial charge is 0.0576 e. The molecule has 1 unspecified atom stereocenters. The van der Waals surface area contributed by atoms with Crippen LogP contribution in [0.1, 0.15) is 36.8 Å². The standard InChI is InChI=1S/C15H23NO/c1-13-6-8-14(9-7-13)12-16-10-2-4-15-5-3-11-17-15/h6-9,15-16H,2-5,10-12H2,1H3. The second-order valence-electron chi connectivity index (χ2n) is 4.94. The van der Waals surface area contributed by atoms with Crippen molar-refractivity contribution in [3.63, 3.8) is 0 Å². The largest absolute Gasteiger partial charge is 0.378 e. The highest BCUT2D eigenvalue weighted by Crippen LogP contribution is 2.16. The van der Waals surface area contributed by atoms with Gasteiger partial charge in [-0.3, -0.25) is 0 Å². The predicted molar refractivity (Wildman–Crippen MR) is 71.1 cm³/mol. The SMILES string of the molecule is Cc1ccc(CNCCCC2CCCO2)cc1. The lowest BCUT2D eigenvalue weighted by Gasteiger charge is -2.09. The van der Waals surface area contributed by atoms with Crippen LogP contribution in [0.2, 0.25) is 0 Å². The Kier molecular flexibility index (Phi) is 5.02. The maximum Gasteiger partial charge on any atom is 0.0576 e. The molecule has 17 heavy (non-hydrogen) atoms. The van der Waals surface area contributed by atoms with Crippen molar-refractivity contribution in [2.24, 2.45) is 0 Å². The lowest BCUT2D eigenvalue weighted by atomic mass is 10.1. The highest BCUT2D eigenvalue weighted by atomic mass is 16.5. The van der Waals surface area contributed by atoms with Gasteiger partial charge >= 0.3 is 0 Å². The molecule has 1 saturated heterocycles. The first-order valence-electron chi connectivity index (χ1n) is 6.72. The molecule has 0 spiro atoms. The summed E-state index contributed by atoms with van der Waals surface area (Å²) in [5, 5.41) is 3.49. The van der Waals surface area contributed by atoms with E-state index in [2.05, 4.69) is 36.5 Å². The maximum atomic E-state index is 5.60. The minimum atomic E-state index is 0.538. The predicted octanol–water partition coefficient (Wildman–Crippen LogP) is 3.04. The molecule has 1 fully saturated rings. The minimum absolute atomic E-state index is 0.538. The zero-order chi connectivity index (χ0) is 11.9. The molecule has 0 aliphatic carbocycles. The Labute approximate surface area is 104 Å². The molecule has 0 radical (unpaired) electrons. The van der Waals surface area contributed by atoms with Crippen LogP contribution in [0.3, 0.4) is 0 Å². The van der Waals surface area contributed by atoms with Crippen molar-refractivity contribution in [3.05, 3.63) is 35.4 Å². The van der Waals surface area contributed by atoms with Gasteiger partial charge in [-0.1, -0.05) is 29.8 Å². The molecule has 0 saturated carbocycles. The van der Waals surface area contributed by atoms with Crippen LogP contribution in [0.15, 0.2) is 24.3 Å². The van der Waals surface area contributed by atoms with Crippen LogP contribution in [-0.4, -0.2) is 19.3 Å². The summed E-state index contributed by atoms with van der Waals surface area (Å²) in [7, 11) is 0. The Bertz CT molecular complexity index is 314. The number of ether oxygens (including phenoxy) is 1. The summed E-state index contributed by atoms with van der Waals surface area (Å²) in [5.74, 6) is 0. The van der Waals surface area contributed by atoms with Crippen molar-refractivity contribution < 1.29 is 4.74 Å². The van der Waals surface area contributed by atoms with Gasteiger partial charge in [-0.25, -0.2) is 0 Å². The van der Waals surface area contributed by atoms with Gasteiger partial charge in [0.2, 0.25) is 0 Å². The lowest BCUT2D eigenvalue weighted by molar-refractivity contribution is 0.102. The van der Waals surface area contributed by atoms with E-state index < -0.39 is 0 Å². The summed E-state index contributed by atoms with van der Waals surface area (Å²) < 4.78 is 5.60. The van der Waals surface area contributed by atoms with E-state index in [1.165, 1.54) is 36.8 Å². The highest BCUT2D eigenvalue weighted by molar-refractivity contribution is 5.20. The topological polar surface area (TPSA) is 21.3 Å². The number of hydrogen-bond donors (Lipinski definition) is 1. The van der Waals surface area contributed by atoms with Gasteiger partial charge in [-0.05, 0) is 44.7 Å². The summed E-state index contributed by atoms with van der Waals surface area (Å²) >= 11 is 0. The van der Waals surface area contributed by atoms with E-state index in [0.29, 0.717) is 6.10 Å². The molecule has 0 aromatic heterocycles. The Hall–Kier alpha value is -0.860. The van der Waals surface area contributed by atoms with E-state index in [0.717, 1.165) is 19.7 Å². The van der Waals surface area contributed by atoms with E-state index in [4.69, 9.17) is 4.74 Å². The van der Waals surface area contributed by atoms with Gasteiger partial charge in [0.05, 0.1) is 6.10 Å². The third-order valence-corrected chi connectivity index (χ3v) is 3.35. The lowest BCUT2D eigenvalue weighted by Crippen LogP contribution is -2.16. The van der Waals surface area contributed by atoms with Crippen molar-refractivity contribution in [2.75, 3.05) is 13.2 Å². The molecule has 1 N–H and O–H groups in total. The zero-order valence-corrected chi connectivity index (χ0v) is 10.7. The van der Waals surface area contributed by atoms with Crippen LogP contribution >= 0.6 is 0 Å². The Balaban J connectivity index is 1.55. The van der Waals surface area contributed by atoms with E-state index in [-0.39, 0.29) is 0 Å². The van der Waals surface area contributed by atoms with Crippen molar-refractivity contribution in [1.29, 1.82) is 0 Å². The van der Waals surface area contributed by atoms with Gasteiger partial charge in [0.25, 0.3) is 0 Å². The third kappa shape index (κ3) is 4.49. The summed E-state index contributed by atoms with van der Waals surface area (Å²) in [6.07, 6.45) is 5.48. The summed E-state index contributed by atoms with van der Waals surface area (Å²) in [6, 6.07) is 8.73. The Morgan fingerprint density at radius 3 is 2.82 bits per heavy atom. The summed E-state index contributed by atoms with van der Waals surface area (Å²) in [4.78, 5) is 0. The number of aryl methyl sites for hydroxylation is 1. The molecule has 1 aromatic rings. The van der Waals surface area contributed by atoms with Crippen molar-refractivity contribution >= 4 is 0 Å². The van der Waals surface area contributed by atoms with E-state index in [1.807, 2.05) is 0 Å². The van der Waals surface area contributed by atoms with Crippen LogP contribution < -0.4 is 5.32 Å². The fourth-order valence-corrected chi connectivity index (χ4v) is 2.27. The van der Waals surface area contributed by atoms with Crippen molar-refractivity contribution in [1.82, 2.24) is 5.32 Å². The molecule has 1 aliphatic heterocycles. The second-order valence-corrected chi connectivity index (χ2v) is 4.94. The van der Waals surface area contributed by atoms with Gasteiger partial charge < -0.3 is 10.1 Å². The van der Waals surface area contributed by atoms with Crippen molar-refractivity contribution in [3.8, 4) is 0 Å². The highest BCUT2D eigenvalue weighted by Gasteiger charge is 2.14. The van der Waals surface area contributed by atoms with E-state index in [9.17, 15) is 0 Å². The minimum Gasteiger partial charge on any atom is -0.378 e. The molecular weight excluding hydrogens is 210 g/mol. The summed E-state index contributed by atoms with van der Waals surface area (Å²) in [6.45, 7) is 5.17. The van der Waals surface area contributed by atoms with Gasteiger partial charge in [-0.15, -0.1) is 0 Å². The van der Waals surface area contributed by atoms with Crippen molar-refractivity contribution in [2.45, 2.75) is 45.3 Å². The van der Waals surface area contributed by atoms with Crippen LogP contribution in [-0.2, 0) is 11.3 Å². The number of hydrogen-bond acceptors (Lipinski definition) is 2. The normalized spacial score (nSPS) is 19.7. The first-order valence-corrected chi connectivity index (χ1v) is 6.72. The maximum absolute atomic E-state index is 5.60. The monoisotopic (exact) mass is 233 g/mol. The molecule has 94 valence electrons. The molecule has 2 heteroatoms. The molecular formula is C15H23NO. The first-order chi connectivity index (χ1) is 8.34. The van der Waals surface area contributed by atoms with Crippen LogP contribution in [0.25, 0.3) is 0 Å².